The first-order valence-electron chi connectivity index (χ1n) is 9.33. The predicted octanol–water partition coefficient (Wildman–Crippen LogP) is 4.45. The molecule has 0 saturated carbocycles. The van der Waals surface area contributed by atoms with E-state index < -0.39 is 5.97 Å². The van der Waals surface area contributed by atoms with Gasteiger partial charge < -0.3 is 9.84 Å². The van der Waals surface area contributed by atoms with Gasteiger partial charge in [0.05, 0.1) is 17.6 Å². The molecule has 3 aromatic rings. The van der Waals surface area contributed by atoms with Crippen LogP contribution in [-0.4, -0.2) is 27.2 Å². The third-order valence-corrected chi connectivity index (χ3v) is 5.47. The Morgan fingerprint density at radius 3 is 2.71 bits per heavy atom. The minimum atomic E-state index is -1.10. The fraction of sp³-hybridized carbons (Fsp3) is 0.381. The summed E-state index contributed by atoms with van der Waals surface area (Å²) < 4.78 is 7.44. The molecule has 0 atom stereocenters. The molecule has 0 amide bonds. The number of unbranched alkanes of at least 4 members (excludes halogenated alkanes) is 1. The first kappa shape index (κ1) is 20.1. The molecule has 28 heavy (non-hydrogen) atoms. The van der Waals surface area contributed by atoms with Gasteiger partial charge in [-0.2, -0.15) is 0 Å². The molecular formula is C21H24N2O4S. The Morgan fingerprint density at radius 1 is 1.29 bits per heavy atom. The van der Waals surface area contributed by atoms with Gasteiger partial charge >= 0.3 is 5.97 Å². The van der Waals surface area contributed by atoms with Gasteiger partial charge in [-0.05, 0) is 31.4 Å². The second-order valence-electron chi connectivity index (χ2n) is 7.04. The number of aryl methyl sites for hydroxylation is 1. The molecule has 2 heterocycles. The maximum Gasteiger partial charge on any atom is 0.337 e. The van der Waals surface area contributed by atoms with Crippen molar-refractivity contribution >= 4 is 27.5 Å². The maximum absolute atomic E-state index is 13.0. The molecule has 0 fully saturated rings. The molecule has 0 unspecified atom stereocenters. The summed E-state index contributed by atoms with van der Waals surface area (Å²) in [6, 6.07) is 7.86. The van der Waals surface area contributed by atoms with Crippen molar-refractivity contribution in [2.75, 3.05) is 6.61 Å². The summed E-state index contributed by atoms with van der Waals surface area (Å²) in [4.78, 5) is 29.5. The highest BCUT2D eigenvalue weighted by Crippen LogP contribution is 2.24. The molecule has 6 nitrogen and oxygen atoms in total. The fourth-order valence-corrected chi connectivity index (χ4v) is 4.04. The third kappa shape index (κ3) is 4.09. The molecule has 3 rings (SSSR count). The number of carboxylic acids is 1. The standard InChI is InChI=1S/C21H24N2O4S/c1-13(2)18-22-19-17(15(12-28-19)21(25)26)20(24)23(18)10-6-7-11-27-16-9-5-4-8-14(16)3/h4-5,8-9,12-13H,6-7,10-11H2,1-3H3,(H,25,26). The van der Waals surface area contributed by atoms with Crippen molar-refractivity contribution in [2.24, 2.45) is 0 Å². The summed E-state index contributed by atoms with van der Waals surface area (Å²) in [6.45, 7) is 7.02. The molecule has 0 aliphatic rings. The number of hydrogen-bond donors (Lipinski definition) is 1. The summed E-state index contributed by atoms with van der Waals surface area (Å²) in [7, 11) is 0. The molecule has 0 aliphatic carbocycles. The topological polar surface area (TPSA) is 81.4 Å². The summed E-state index contributed by atoms with van der Waals surface area (Å²) in [5.41, 5.74) is 0.853. The third-order valence-electron chi connectivity index (χ3n) is 4.60. The van der Waals surface area contributed by atoms with Crippen LogP contribution in [-0.2, 0) is 6.54 Å². The maximum atomic E-state index is 13.0. The van der Waals surface area contributed by atoms with Gasteiger partial charge in [-0.15, -0.1) is 11.3 Å². The van der Waals surface area contributed by atoms with E-state index in [1.54, 1.807) is 4.57 Å². The lowest BCUT2D eigenvalue weighted by Gasteiger charge is -2.15. The zero-order chi connectivity index (χ0) is 20.3. The van der Waals surface area contributed by atoms with E-state index >= 15 is 0 Å². The minimum Gasteiger partial charge on any atom is -0.493 e. The van der Waals surface area contributed by atoms with Crippen molar-refractivity contribution < 1.29 is 14.6 Å². The van der Waals surface area contributed by atoms with Crippen LogP contribution in [0.2, 0.25) is 0 Å². The van der Waals surface area contributed by atoms with E-state index in [0.717, 1.165) is 24.2 Å². The zero-order valence-electron chi connectivity index (χ0n) is 16.3. The Labute approximate surface area is 167 Å². The quantitative estimate of drug-likeness (QED) is 0.565. The summed E-state index contributed by atoms with van der Waals surface area (Å²) in [5.74, 6) is 0.530. The number of benzene rings is 1. The summed E-state index contributed by atoms with van der Waals surface area (Å²) >= 11 is 1.20. The lowest BCUT2D eigenvalue weighted by molar-refractivity contribution is 0.0699. The van der Waals surface area contributed by atoms with Crippen molar-refractivity contribution in [3.8, 4) is 5.75 Å². The summed E-state index contributed by atoms with van der Waals surface area (Å²) in [5, 5.41) is 11.1. The number of aromatic carboxylic acids is 1. The van der Waals surface area contributed by atoms with Crippen LogP contribution in [0.4, 0.5) is 0 Å². The first-order chi connectivity index (χ1) is 13.4. The number of carboxylic acid groups (broad SMARTS) is 1. The summed E-state index contributed by atoms with van der Waals surface area (Å²) in [6.07, 6.45) is 1.52. The number of rotatable bonds is 8. The van der Waals surface area contributed by atoms with Crippen molar-refractivity contribution in [3.63, 3.8) is 0 Å². The molecule has 0 aliphatic heterocycles. The van der Waals surface area contributed by atoms with Crippen LogP contribution in [0.3, 0.4) is 0 Å². The largest absolute Gasteiger partial charge is 0.493 e. The molecule has 0 radical (unpaired) electrons. The van der Waals surface area contributed by atoms with Crippen LogP contribution in [0.1, 0.15) is 54.4 Å². The first-order valence-corrected chi connectivity index (χ1v) is 10.2. The molecule has 7 heteroatoms. The van der Waals surface area contributed by atoms with Gasteiger partial charge in [0.15, 0.2) is 0 Å². The Hall–Kier alpha value is -2.67. The molecule has 1 N–H and O–H groups in total. The molecular weight excluding hydrogens is 376 g/mol. The number of aromatic nitrogens is 2. The Balaban J connectivity index is 1.76. The second-order valence-corrected chi connectivity index (χ2v) is 7.90. The van der Waals surface area contributed by atoms with E-state index in [1.165, 1.54) is 16.7 Å². The molecule has 0 spiro atoms. The molecule has 2 aromatic heterocycles. The average Bonchev–Trinajstić information content (AvgIpc) is 3.08. The Bertz CT molecular complexity index is 1050. The van der Waals surface area contributed by atoms with E-state index in [4.69, 9.17) is 4.74 Å². The van der Waals surface area contributed by atoms with E-state index in [0.29, 0.717) is 23.8 Å². The van der Waals surface area contributed by atoms with Crippen LogP contribution in [0.25, 0.3) is 10.2 Å². The number of carbonyl (C=O) groups is 1. The van der Waals surface area contributed by atoms with Gasteiger partial charge in [-0.1, -0.05) is 32.0 Å². The van der Waals surface area contributed by atoms with Gasteiger partial charge in [0.1, 0.15) is 16.4 Å². The molecule has 148 valence electrons. The normalized spacial score (nSPS) is 11.3. The lowest BCUT2D eigenvalue weighted by atomic mass is 10.1. The van der Waals surface area contributed by atoms with E-state index in [2.05, 4.69) is 4.98 Å². The van der Waals surface area contributed by atoms with E-state index in [-0.39, 0.29) is 22.4 Å². The van der Waals surface area contributed by atoms with Crippen LogP contribution in [0.15, 0.2) is 34.4 Å². The van der Waals surface area contributed by atoms with Gasteiger partial charge in [-0.25, -0.2) is 9.78 Å². The number of hydrogen-bond acceptors (Lipinski definition) is 5. The van der Waals surface area contributed by atoms with Crippen LogP contribution < -0.4 is 10.3 Å². The minimum absolute atomic E-state index is 0.0319. The lowest BCUT2D eigenvalue weighted by Crippen LogP contribution is -2.27. The van der Waals surface area contributed by atoms with Crippen LogP contribution in [0.5, 0.6) is 5.75 Å². The highest BCUT2D eigenvalue weighted by atomic mass is 32.1. The van der Waals surface area contributed by atoms with Crippen molar-refractivity contribution in [3.05, 3.63) is 57.0 Å². The van der Waals surface area contributed by atoms with E-state index in [9.17, 15) is 14.7 Å². The number of nitrogens with zero attached hydrogens (tertiary/aromatic N) is 2. The Kier molecular flexibility index (Phi) is 6.14. The van der Waals surface area contributed by atoms with Gasteiger partial charge in [-0.3, -0.25) is 9.36 Å². The highest BCUT2D eigenvalue weighted by Gasteiger charge is 2.20. The smallest absolute Gasteiger partial charge is 0.337 e. The number of para-hydroxylation sites is 1. The SMILES string of the molecule is Cc1ccccc1OCCCCn1c(C(C)C)nc2scc(C(=O)O)c2c1=O. The van der Waals surface area contributed by atoms with Crippen LogP contribution >= 0.6 is 11.3 Å². The van der Waals surface area contributed by atoms with Crippen molar-refractivity contribution in [1.82, 2.24) is 9.55 Å². The molecule has 1 aromatic carbocycles. The van der Waals surface area contributed by atoms with Crippen LogP contribution in [0, 0.1) is 6.92 Å². The average molecular weight is 401 g/mol. The van der Waals surface area contributed by atoms with Gasteiger partial charge in [0.25, 0.3) is 5.56 Å². The fourth-order valence-electron chi connectivity index (χ4n) is 3.13. The van der Waals surface area contributed by atoms with Gasteiger partial charge in [0.2, 0.25) is 0 Å². The number of fused-ring (bicyclic) bond motifs is 1. The van der Waals surface area contributed by atoms with Crippen molar-refractivity contribution in [1.29, 1.82) is 0 Å². The predicted molar refractivity (Wildman–Crippen MR) is 111 cm³/mol. The molecule has 0 saturated heterocycles. The van der Waals surface area contributed by atoms with E-state index in [1.807, 2.05) is 45.0 Å². The second kappa shape index (κ2) is 8.56. The number of thiophene rings is 1. The van der Waals surface area contributed by atoms with Gasteiger partial charge in [0, 0.05) is 17.8 Å². The number of ether oxygens (including phenoxy) is 1. The van der Waals surface area contributed by atoms with Crippen molar-refractivity contribution in [2.45, 2.75) is 46.1 Å². The Morgan fingerprint density at radius 2 is 2.04 bits per heavy atom. The molecule has 0 bridgehead atoms. The monoisotopic (exact) mass is 400 g/mol. The highest BCUT2D eigenvalue weighted by molar-refractivity contribution is 7.17. The zero-order valence-corrected chi connectivity index (χ0v) is 17.1.